The average molecular weight is 600 g/mol. The van der Waals surface area contributed by atoms with Crippen LogP contribution in [0.2, 0.25) is 0 Å². The molecule has 0 aliphatic rings. The fourth-order valence-electron chi connectivity index (χ4n) is 6.51. The van der Waals surface area contributed by atoms with Crippen molar-refractivity contribution in [2.75, 3.05) is 4.90 Å². The zero-order valence-corrected chi connectivity index (χ0v) is 26.0. The second-order valence-corrected chi connectivity index (χ2v) is 11.8. The van der Waals surface area contributed by atoms with Gasteiger partial charge in [-0.15, -0.1) is 0 Å². The van der Waals surface area contributed by atoms with Crippen LogP contribution in [0.15, 0.2) is 200 Å². The van der Waals surface area contributed by atoms with Gasteiger partial charge in [0.25, 0.3) is 0 Å². The van der Waals surface area contributed by atoms with Gasteiger partial charge in [0.15, 0.2) is 0 Å². The van der Waals surface area contributed by atoms with Crippen molar-refractivity contribution < 1.29 is 0 Å². The minimum atomic E-state index is 1.11. The van der Waals surface area contributed by atoms with Gasteiger partial charge in [-0.1, -0.05) is 146 Å². The summed E-state index contributed by atoms with van der Waals surface area (Å²) in [5.41, 5.74) is 13.0. The molecule has 0 unspecified atom stereocenters. The van der Waals surface area contributed by atoms with Crippen molar-refractivity contribution in [3.8, 4) is 44.5 Å². The van der Waals surface area contributed by atoms with Crippen LogP contribution < -0.4 is 4.90 Å². The number of nitrogens with zero attached hydrogens (tertiary/aromatic N) is 1. The zero-order valence-electron chi connectivity index (χ0n) is 26.0. The second kappa shape index (κ2) is 12.7. The number of rotatable bonds is 7. The van der Waals surface area contributed by atoms with E-state index in [0.717, 1.165) is 17.1 Å². The molecule has 0 saturated heterocycles. The summed E-state index contributed by atoms with van der Waals surface area (Å²) in [4.78, 5) is 2.34. The van der Waals surface area contributed by atoms with E-state index in [-0.39, 0.29) is 0 Å². The van der Waals surface area contributed by atoms with E-state index in [9.17, 15) is 0 Å². The largest absolute Gasteiger partial charge is 0.310 e. The van der Waals surface area contributed by atoms with E-state index >= 15 is 0 Å². The number of anilines is 3. The highest BCUT2D eigenvalue weighted by molar-refractivity contribution is 5.97. The first-order valence-corrected chi connectivity index (χ1v) is 16.1. The number of hydrogen-bond donors (Lipinski definition) is 0. The molecule has 1 heteroatoms. The van der Waals surface area contributed by atoms with Gasteiger partial charge in [-0.2, -0.15) is 0 Å². The summed E-state index contributed by atoms with van der Waals surface area (Å²) in [7, 11) is 0. The maximum absolute atomic E-state index is 2.34. The molecule has 0 aromatic heterocycles. The van der Waals surface area contributed by atoms with Crippen molar-refractivity contribution in [2.24, 2.45) is 0 Å². The van der Waals surface area contributed by atoms with Crippen molar-refractivity contribution in [3.05, 3.63) is 200 Å². The Hall–Kier alpha value is -6.18. The Morgan fingerprint density at radius 1 is 0.255 bits per heavy atom. The van der Waals surface area contributed by atoms with E-state index in [1.54, 1.807) is 0 Å². The molecule has 8 rings (SSSR count). The number of fused-ring (bicyclic) bond motifs is 1. The van der Waals surface area contributed by atoms with Crippen LogP contribution in [-0.4, -0.2) is 0 Å². The minimum absolute atomic E-state index is 1.11. The van der Waals surface area contributed by atoms with Crippen molar-refractivity contribution in [2.45, 2.75) is 0 Å². The van der Waals surface area contributed by atoms with Gasteiger partial charge < -0.3 is 4.90 Å². The average Bonchev–Trinajstić information content (AvgIpc) is 3.16. The molecule has 8 aromatic carbocycles. The molecule has 0 N–H and O–H groups in total. The lowest BCUT2D eigenvalue weighted by Crippen LogP contribution is -2.09. The van der Waals surface area contributed by atoms with Gasteiger partial charge in [0.1, 0.15) is 0 Å². The van der Waals surface area contributed by atoms with Gasteiger partial charge in [-0.3, -0.25) is 0 Å². The van der Waals surface area contributed by atoms with Crippen LogP contribution >= 0.6 is 0 Å². The number of benzene rings is 8. The monoisotopic (exact) mass is 599 g/mol. The smallest absolute Gasteiger partial charge is 0.0467 e. The van der Waals surface area contributed by atoms with Crippen LogP contribution in [0.4, 0.5) is 17.1 Å². The van der Waals surface area contributed by atoms with Gasteiger partial charge >= 0.3 is 0 Å². The third kappa shape index (κ3) is 5.83. The molecule has 0 aliphatic carbocycles. The Labute approximate surface area is 276 Å². The quantitative estimate of drug-likeness (QED) is 0.176. The van der Waals surface area contributed by atoms with Gasteiger partial charge in [0.2, 0.25) is 0 Å². The first-order valence-electron chi connectivity index (χ1n) is 16.1. The van der Waals surface area contributed by atoms with Crippen LogP contribution in [0, 0.1) is 0 Å². The van der Waals surface area contributed by atoms with Crippen molar-refractivity contribution in [1.29, 1.82) is 0 Å². The summed E-state index contributed by atoms with van der Waals surface area (Å²) in [6, 6.07) is 71.8. The zero-order chi connectivity index (χ0) is 31.4. The first-order chi connectivity index (χ1) is 23.3. The lowest BCUT2D eigenvalue weighted by molar-refractivity contribution is 1.28. The standard InChI is InChI=1S/C46H33N/c1-4-14-34(15-5-1)39-30-40(35-16-6-2-7-17-35)32-41(31-39)36-26-28-43(29-27-36)47(42-21-8-3-9-22-42)44-23-12-20-38(33-44)46-25-13-19-37-18-10-11-24-45(37)46/h1-33H. The Balaban J connectivity index is 1.21. The summed E-state index contributed by atoms with van der Waals surface area (Å²) in [6.45, 7) is 0. The molecule has 0 saturated carbocycles. The highest BCUT2D eigenvalue weighted by Gasteiger charge is 2.15. The maximum atomic E-state index is 2.34. The maximum Gasteiger partial charge on any atom is 0.0467 e. The van der Waals surface area contributed by atoms with Crippen LogP contribution in [-0.2, 0) is 0 Å². The third-order valence-electron chi connectivity index (χ3n) is 8.83. The fourth-order valence-corrected chi connectivity index (χ4v) is 6.51. The summed E-state index contributed by atoms with van der Waals surface area (Å²) in [5, 5.41) is 2.51. The minimum Gasteiger partial charge on any atom is -0.310 e. The predicted molar refractivity (Wildman–Crippen MR) is 200 cm³/mol. The van der Waals surface area contributed by atoms with Crippen LogP contribution in [0.5, 0.6) is 0 Å². The lowest BCUT2D eigenvalue weighted by Gasteiger charge is -2.26. The van der Waals surface area contributed by atoms with E-state index in [0.29, 0.717) is 0 Å². The molecule has 0 radical (unpaired) electrons. The molecule has 222 valence electrons. The Bertz CT molecular complexity index is 2210. The Morgan fingerprint density at radius 2 is 0.702 bits per heavy atom. The van der Waals surface area contributed by atoms with Crippen molar-refractivity contribution >= 4 is 27.8 Å². The lowest BCUT2D eigenvalue weighted by atomic mass is 9.93. The van der Waals surface area contributed by atoms with E-state index < -0.39 is 0 Å². The summed E-state index contributed by atoms with van der Waals surface area (Å²) in [5.74, 6) is 0. The SMILES string of the molecule is c1ccc(-c2cc(-c3ccccc3)cc(-c3ccc(N(c4ccccc4)c4cccc(-c5cccc6ccccc56)c4)cc3)c2)cc1. The number of hydrogen-bond acceptors (Lipinski definition) is 1. The Kier molecular flexibility index (Phi) is 7.63. The predicted octanol–water partition coefficient (Wildman–Crippen LogP) is 13.0. The van der Waals surface area contributed by atoms with Gasteiger partial charge in [0.05, 0.1) is 0 Å². The molecule has 47 heavy (non-hydrogen) atoms. The van der Waals surface area contributed by atoms with E-state index in [1.807, 2.05) is 0 Å². The topological polar surface area (TPSA) is 3.24 Å². The second-order valence-electron chi connectivity index (χ2n) is 11.8. The summed E-state index contributed by atoms with van der Waals surface area (Å²) >= 11 is 0. The van der Waals surface area contributed by atoms with Crippen LogP contribution in [0.25, 0.3) is 55.3 Å². The van der Waals surface area contributed by atoms with Crippen LogP contribution in [0.3, 0.4) is 0 Å². The molecule has 0 amide bonds. The van der Waals surface area contributed by atoms with Crippen molar-refractivity contribution in [3.63, 3.8) is 0 Å². The molecule has 0 spiro atoms. The van der Waals surface area contributed by atoms with E-state index in [2.05, 4.69) is 205 Å². The molecule has 0 atom stereocenters. The molecule has 0 heterocycles. The first kappa shape index (κ1) is 28.3. The van der Waals surface area contributed by atoms with Gasteiger partial charge in [-0.05, 0) is 110 Å². The summed E-state index contributed by atoms with van der Waals surface area (Å²) in [6.07, 6.45) is 0. The van der Waals surface area contributed by atoms with Gasteiger partial charge in [-0.25, -0.2) is 0 Å². The molecular weight excluding hydrogens is 567 g/mol. The molecular formula is C46H33N. The molecule has 0 bridgehead atoms. The van der Waals surface area contributed by atoms with E-state index in [4.69, 9.17) is 0 Å². The highest BCUT2D eigenvalue weighted by atomic mass is 15.1. The molecule has 1 nitrogen and oxygen atoms in total. The Morgan fingerprint density at radius 3 is 1.34 bits per heavy atom. The van der Waals surface area contributed by atoms with Crippen molar-refractivity contribution in [1.82, 2.24) is 0 Å². The van der Waals surface area contributed by atoms with E-state index in [1.165, 1.54) is 55.3 Å². The molecule has 8 aromatic rings. The van der Waals surface area contributed by atoms with Crippen LogP contribution in [0.1, 0.15) is 0 Å². The normalized spacial score (nSPS) is 11.0. The molecule has 0 aliphatic heterocycles. The summed E-state index contributed by atoms with van der Waals surface area (Å²) < 4.78 is 0. The number of para-hydroxylation sites is 1. The fraction of sp³-hybridized carbons (Fsp3) is 0. The molecule has 0 fully saturated rings. The van der Waals surface area contributed by atoms with Gasteiger partial charge in [0, 0.05) is 17.1 Å². The highest BCUT2D eigenvalue weighted by Crippen LogP contribution is 2.39. The third-order valence-corrected chi connectivity index (χ3v) is 8.83.